The third kappa shape index (κ3) is 2.56. The maximum Gasteiger partial charge on any atom is 0.332 e. The van der Waals surface area contributed by atoms with Crippen molar-refractivity contribution in [2.75, 3.05) is 23.4 Å². The molecule has 2 heterocycles. The molecule has 0 aliphatic carbocycles. The molecule has 9 heteroatoms. The molecule has 1 fully saturated rings. The van der Waals surface area contributed by atoms with Gasteiger partial charge >= 0.3 is 5.69 Å². The van der Waals surface area contributed by atoms with Gasteiger partial charge in [0, 0.05) is 13.1 Å². The van der Waals surface area contributed by atoms with Gasteiger partial charge < -0.3 is 10.0 Å². The van der Waals surface area contributed by atoms with Crippen LogP contribution in [-0.2, 0) is 0 Å². The molecule has 1 unspecified atom stereocenters. The van der Waals surface area contributed by atoms with Gasteiger partial charge in [-0.1, -0.05) is 0 Å². The van der Waals surface area contributed by atoms with Gasteiger partial charge in [0.15, 0.2) is 0 Å². The summed E-state index contributed by atoms with van der Waals surface area (Å²) in [5.74, 6) is 5.55. The number of nitro groups is 1. The molecule has 0 saturated carbocycles. The molecular weight excluding hydrogens is 252 g/mol. The lowest BCUT2D eigenvalue weighted by Crippen LogP contribution is -2.31. The van der Waals surface area contributed by atoms with E-state index < -0.39 is 10.5 Å². The minimum Gasteiger partial charge on any atom is -0.388 e. The second-order valence-electron chi connectivity index (χ2n) is 4.87. The molecule has 1 aromatic rings. The fraction of sp³-hybridized carbons (Fsp3) is 0.600. The van der Waals surface area contributed by atoms with E-state index in [2.05, 4.69) is 15.4 Å². The van der Waals surface area contributed by atoms with E-state index in [0.717, 1.165) is 0 Å². The van der Waals surface area contributed by atoms with Crippen molar-refractivity contribution < 1.29 is 10.0 Å². The molecule has 1 atom stereocenters. The third-order valence-electron chi connectivity index (χ3n) is 3.10. The van der Waals surface area contributed by atoms with Crippen molar-refractivity contribution in [3.8, 4) is 0 Å². The SMILES string of the molecule is Cc1nc(NN)nc(N2CCC(C)(O)C2)c1[N+](=O)[O-]. The van der Waals surface area contributed by atoms with Crippen molar-refractivity contribution >= 4 is 17.5 Å². The largest absolute Gasteiger partial charge is 0.388 e. The van der Waals surface area contributed by atoms with Gasteiger partial charge in [0.25, 0.3) is 0 Å². The van der Waals surface area contributed by atoms with Gasteiger partial charge in [-0.3, -0.25) is 15.5 Å². The lowest BCUT2D eigenvalue weighted by atomic mass is 10.1. The van der Waals surface area contributed by atoms with Crippen LogP contribution in [0.3, 0.4) is 0 Å². The van der Waals surface area contributed by atoms with Gasteiger partial charge in [-0.25, -0.2) is 10.8 Å². The zero-order valence-corrected chi connectivity index (χ0v) is 10.8. The van der Waals surface area contributed by atoms with Crippen LogP contribution in [0.5, 0.6) is 0 Å². The highest BCUT2D eigenvalue weighted by Gasteiger charge is 2.36. The van der Waals surface area contributed by atoms with Crippen LogP contribution in [0.4, 0.5) is 17.5 Å². The normalized spacial score (nSPS) is 22.6. The first-order chi connectivity index (χ1) is 8.84. The van der Waals surface area contributed by atoms with Crippen LogP contribution in [0.1, 0.15) is 19.0 Å². The zero-order valence-electron chi connectivity index (χ0n) is 10.8. The number of nitrogens with two attached hydrogens (primary N) is 1. The van der Waals surface area contributed by atoms with Gasteiger partial charge in [-0.2, -0.15) is 4.98 Å². The Kier molecular flexibility index (Phi) is 3.25. The highest BCUT2D eigenvalue weighted by Crippen LogP contribution is 2.34. The number of rotatable bonds is 3. The number of nitrogens with zero attached hydrogens (tertiary/aromatic N) is 4. The summed E-state index contributed by atoms with van der Waals surface area (Å²) in [6.07, 6.45) is 0.526. The van der Waals surface area contributed by atoms with Crippen molar-refractivity contribution in [1.29, 1.82) is 0 Å². The van der Waals surface area contributed by atoms with Gasteiger partial charge in [-0.15, -0.1) is 0 Å². The first kappa shape index (κ1) is 13.4. The van der Waals surface area contributed by atoms with E-state index in [9.17, 15) is 15.2 Å². The second-order valence-corrected chi connectivity index (χ2v) is 4.87. The molecule has 1 saturated heterocycles. The monoisotopic (exact) mass is 268 g/mol. The average molecular weight is 268 g/mol. The Bertz CT molecular complexity index is 518. The molecule has 104 valence electrons. The molecule has 9 nitrogen and oxygen atoms in total. The molecule has 0 aromatic carbocycles. The summed E-state index contributed by atoms with van der Waals surface area (Å²) in [4.78, 5) is 20.3. The molecule has 0 radical (unpaired) electrons. The number of aromatic nitrogens is 2. The summed E-state index contributed by atoms with van der Waals surface area (Å²) in [5, 5.41) is 21.1. The average Bonchev–Trinajstić information content (AvgIpc) is 2.67. The van der Waals surface area contributed by atoms with Crippen molar-refractivity contribution in [2.45, 2.75) is 25.9 Å². The summed E-state index contributed by atoms with van der Waals surface area (Å²) in [7, 11) is 0. The minimum atomic E-state index is -0.872. The van der Waals surface area contributed by atoms with Crippen LogP contribution in [0.25, 0.3) is 0 Å². The van der Waals surface area contributed by atoms with Crippen LogP contribution in [0.2, 0.25) is 0 Å². The summed E-state index contributed by atoms with van der Waals surface area (Å²) >= 11 is 0. The van der Waals surface area contributed by atoms with Crippen LogP contribution < -0.4 is 16.2 Å². The lowest BCUT2D eigenvalue weighted by Gasteiger charge is -2.20. The van der Waals surface area contributed by atoms with E-state index in [1.807, 2.05) is 0 Å². The molecule has 2 rings (SSSR count). The number of aryl methyl sites for hydroxylation is 1. The molecule has 0 amide bonds. The maximum absolute atomic E-state index is 11.1. The highest BCUT2D eigenvalue weighted by molar-refractivity contribution is 5.63. The number of aliphatic hydroxyl groups is 1. The molecular formula is C10H16N6O3. The van der Waals surface area contributed by atoms with Crippen LogP contribution in [0, 0.1) is 17.0 Å². The van der Waals surface area contributed by atoms with Crippen LogP contribution in [0.15, 0.2) is 0 Å². The van der Waals surface area contributed by atoms with Gasteiger partial charge in [0.2, 0.25) is 11.8 Å². The predicted octanol–water partition coefficient (Wildman–Crippen LogP) is -0.0601. The van der Waals surface area contributed by atoms with Gasteiger partial charge in [0.1, 0.15) is 5.69 Å². The number of nitrogen functional groups attached to an aromatic ring is 1. The summed E-state index contributed by atoms with van der Waals surface area (Å²) in [6.45, 7) is 4.00. The maximum atomic E-state index is 11.1. The van der Waals surface area contributed by atoms with Crippen LogP contribution in [-0.4, -0.2) is 38.7 Å². The quantitative estimate of drug-likeness (QED) is 0.395. The Morgan fingerprint density at radius 3 is 2.74 bits per heavy atom. The Labute approximate surface area is 109 Å². The van der Waals surface area contributed by atoms with E-state index in [1.54, 1.807) is 11.8 Å². The summed E-state index contributed by atoms with van der Waals surface area (Å²) in [6, 6.07) is 0. The highest BCUT2D eigenvalue weighted by atomic mass is 16.6. The topological polar surface area (TPSA) is 130 Å². The molecule has 1 aliphatic heterocycles. The number of hydrazine groups is 1. The second kappa shape index (κ2) is 4.59. The molecule has 1 aliphatic rings. The minimum absolute atomic E-state index is 0.115. The van der Waals surface area contributed by atoms with Crippen molar-refractivity contribution in [2.24, 2.45) is 5.84 Å². The lowest BCUT2D eigenvalue weighted by molar-refractivity contribution is -0.385. The third-order valence-corrected chi connectivity index (χ3v) is 3.10. The standard InChI is InChI=1S/C10H16N6O3/c1-6-7(16(18)19)8(13-9(12-6)14-11)15-4-3-10(2,17)5-15/h17H,3-5,11H2,1-2H3,(H,12,13,14). The Hall–Kier alpha value is -2.00. The smallest absolute Gasteiger partial charge is 0.332 e. The van der Waals surface area contributed by atoms with Gasteiger partial charge in [0.05, 0.1) is 10.5 Å². The van der Waals surface area contributed by atoms with E-state index >= 15 is 0 Å². The Morgan fingerprint density at radius 2 is 2.26 bits per heavy atom. The molecule has 0 bridgehead atoms. The van der Waals surface area contributed by atoms with E-state index in [0.29, 0.717) is 13.0 Å². The fourth-order valence-corrected chi connectivity index (χ4v) is 2.18. The summed E-state index contributed by atoms with van der Waals surface area (Å²) < 4.78 is 0. The predicted molar refractivity (Wildman–Crippen MR) is 68.7 cm³/mol. The molecule has 1 aromatic heterocycles. The number of hydrogen-bond donors (Lipinski definition) is 3. The van der Waals surface area contributed by atoms with Crippen LogP contribution >= 0.6 is 0 Å². The first-order valence-electron chi connectivity index (χ1n) is 5.81. The zero-order chi connectivity index (χ0) is 14.2. The van der Waals surface area contributed by atoms with Crippen molar-refractivity contribution in [3.63, 3.8) is 0 Å². The molecule has 19 heavy (non-hydrogen) atoms. The van der Waals surface area contributed by atoms with E-state index in [4.69, 9.17) is 5.84 Å². The van der Waals surface area contributed by atoms with E-state index in [-0.39, 0.29) is 29.7 Å². The van der Waals surface area contributed by atoms with Crippen molar-refractivity contribution in [1.82, 2.24) is 9.97 Å². The molecule has 0 spiro atoms. The van der Waals surface area contributed by atoms with E-state index in [1.165, 1.54) is 6.92 Å². The molecule has 4 N–H and O–H groups in total. The number of anilines is 2. The first-order valence-corrected chi connectivity index (χ1v) is 5.81. The fourth-order valence-electron chi connectivity index (χ4n) is 2.18. The Morgan fingerprint density at radius 1 is 1.58 bits per heavy atom. The van der Waals surface area contributed by atoms with Gasteiger partial charge in [-0.05, 0) is 20.3 Å². The number of hydrogen-bond acceptors (Lipinski definition) is 8. The summed E-state index contributed by atoms with van der Waals surface area (Å²) in [5.41, 5.74) is 1.49. The number of β-amino-alcohol motifs (C(OH)–C–C–N with tert-alkyl or cyclic N) is 1. The van der Waals surface area contributed by atoms with Crippen molar-refractivity contribution in [3.05, 3.63) is 15.8 Å². The number of nitrogens with one attached hydrogen (secondary N) is 1. The Balaban J connectivity index is 2.48.